The molecule has 0 fully saturated rings. The van der Waals surface area contributed by atoms with Crippen LogP contribution in [0, 0.1) is 0 Å². The van der Waals surface area contributed by atoms with Crippen LogP contribution >= 0.6 is 0 Å². The molecule has 0 aromatic carbocycles. The molecule has 0 saturated carbocycles. The van der Waals surface area contributed by atoms with Crippen molar-refractivity contribution in [3.05, 3.63) is 12.8 Å². The highest BCUT2D eigenvalue weighted by Gasteiger charge is 1.09. The summed E-state index contributed by atoms with van der Waals surface area (Å²) in [5, 5.41) is 0. The van der Waals surface area contributed by atoms with Gasteiger partial charge in [-0.1, -0.05) is 6.58 Å². The Labute approximate surface area is 36.6 Å². The van der Waals surface area contributed by atoms with E-state index >= 15 is 0 Å². The van der Waals surface area contributed by atoms with Gasteiger partial charge in [0.15, 0.2) is 17.4 Å². The van der Waals surface area contributed by atoms with Gasteiger partial charge in [-0.3, -0.25) is 0 Å². The van der Waals surface area contributed by atoms with E-state index in [-0.39, 0.29) is 17.4 Å². The molecule has 0 aliphatic rings. The first-order valence-electron chi connectivity index (χ1n) is 0.742. The molecule has 0 unspecified atom stereocenters. The normalized spacial score (nSPS) is 3.00. The molecule has 0 bridgehead atoms. The molecule has 2 N–H and O–H groups in total. The monoisotopic (exact) mass is 73.0 g/mol. The Bertz CT molecular complexity index is 13.5. The Balaban J connectivity index is 0. The van der Waals surface area contributed by atoms with E-state index in [9.17, 15) is 0 Å². The summed E-state index contributed by atoms with van der Waals surface area (Å²) in [5.41, 5.74) is 4.61. The second-order valence-corrected chi connectivity index (χ2v) is 0.236. The molecule has 0 aromatic heterocycles. The molecule has 0 atom stereocenters. The molecule has 0 aromatic rings. The third-order valence-electron chi connectivity index (χ3n) is 0. The zero-order valence-electron chi connectivity index (χ0n) is 1.86. The van der Waals surface area contributed by atoms with Crippen molar-refractivity contribution in [1.82, 2.24) is 0 Å². The molecule has 4 heavy (non-hydrogen) atoms. The molecule has 1 nitrogen and oxygen atoms in total. The second kappa shape index (κ2) is 11.5. The van der Waals surface area contributed by atoms with Crippen LogP contribution in [-0.2, 0) is 0 Å². The van der Waals surface area contributed by atoms with Crippen molar-refractivity contribution in [1.29, 1.82) is 0 Å². The molecule has 0 amide bonds. The van der Waals surface area contributed by atoms with E-state index in [4.69, 9.17) is 0 Å². The van der Waals surface area contributed by atoms with Gasteiger partial charge in [-0.15, -0.1) is 0 Å². The fraction of sp³-hybridized carbons (Fsp3) is 0. The average molecular weight is 73.1 g/mol. The van der Waals surface area contributed by atoms with E-state index in [2.05, 4.69) is 12.3 Å². The van der Waals surface area contributed by atoms with Crippen molar-refractivity contribution < 1.29 is 0 Å². The minimum atomic E-state index is 0. The van der Waals surface area contributed by atoms with Crippen molar-refractivity contribution in [2.24, 2.45) is 5.73 Å². The van der Waals surface area contributed by atoms with Crippen molar-refractivity contribution >= 4 is 17.4 Å². The lowest BCUT2D eigenvalue weighted by Crippen LogP contribution is -1.67. The Hall–Kier alpha value is 0.0725. The smallest absolute Gasteiger partial charge is 0.187 e. The van der Waals surface area contributed by atoms with Crippen LogP contribution < -0.4 is 5.73 Å². The summed E-state index contributed by atoms with van der Waals surface area (Å²) < 4.78 is 0. The Morgan fingerprint density at radius 2 is 1.75 bits per heavy atom. The van der Waals surface area contributed by atoms with Gasteiger partial charge in [0, 0.05) is 0 Å². The summed E-state index contributed by atoms with van der Waals surface area (Å²) in [6, 6.07) is 0. The van der Waals surface area contributed by atoms with E-state index in [1.54, 1.807) is 0 Å². The van der Waals surface area contributed by atoms with Gasteiger partial charge in [0.25, 0.3) is 0 Å². The number of rotatable bonds is 0. The molecule has 0 heterocycles. The fourth-order valence-corrected chi connectivity index (χ4v) is 0. The standard InChI is InChI=1S/C2H5N.Al.3H/c1-2-3;;;;/h2H,1,3H2;;;;. The molecule has 2 heteroatoms. The van der Waals surface area contributed by atoms with Crippen LogP contribution in [0.15, 0.2) is 12.8 Å². The SMILES string of the molecule is C=CN.[AlH3]. The van der Waals surface area contributed by atoms with E-state index < -0.39 is 0 Å². The van der Waals surface area contributed by atoms with Crippen LogP contribution in [-0.4, -0.2) is 17.4 Å². The minimum absolute atomic E-state index is 0. The highest BCUT2D eigenvalue weighted by Crippen LogP contribution is 1.13. The van der Waals surface area contributed by atoms with E-state index in [0.29, 0.717) is 0 Å². The molecule has 24 valence electrons. The van der Waals surface area contributed by atoms with Gasteiger partial charge in [-0.25, -0.2) is 0 Å². The van der Waals surface area contributed by atoms with Crippen LogP contribution in [0.4, 0.5) is 0 Å². The van der Waals surface area contributed by atoms with Crippen LogP contribution in [0.25, 0.3) is 0 Å². The Morgan fingerprint density at radius 1 is 1.75 bits per heavy atom. The summed E-state index contributed by atoms with van der Waals surface area (Å²) in [4.78, 5) is 0. The summed E-state index contributed by atoms with van der Waals surface area (Å²) in [6.45, 7) is 3.14. The van der Waals surface area contributed by atoms with Crippen LogP contribution in [0.3, 0.4) is 0 Å². The van der Waals surface area contributed by atoms with Crippen LogP contribution in [0.2, 0.25) is 0 Å². The molecule has 0 aliphatic heterocycles. The highest BCUT2D eigenvalue weighted by molar-refractivity contribution is 5.75. The van der Waals surface area contributed by atoms with E-state index in [0.717, 1.165) is 0 Å². The van der Waals surface area contributed by atoms with Gasteiger partial charge < -0.3 is 5.73 Å². The molecule has 0 saturated heterocycles. The minimum Gasteiger partial charge on any atom is -0.405 e. The lowest BCUT2D eigenvalue weighted by Gasteiger charge is -1.40. The lowest BCUT2D eigenvalue weighted by atomic mass is 11.1. The molecule has 0 radical (unpaired) electrons. The lowest BCUT2D eigenvalue weighted by molar-refractivity contribution is 1.64. The predicted molar refractivity (Wildman–Crippen MR) is 24.3 cm³/mol. The highest BCUT2D eigenvalue weighted by atomic mass is 27.0. The number of hydrogen-bond donors (Lipinski definition) is 1. The van der Waals surface area contributed by atoms with Gasteiger partial charge in [0.1, 0.15) is 0 Å². The maximum Gasteiger partial charge on any atom is 0.187 e. The summed E-state index contributed by atoms with van der Waals surface area (Å²) in [7, 11) is 0. The zero-order valence-corrected chi connectivity index (χ0v) is 1.86. The molecular formula is C2H8AlN. The third kappa shape index (κ3) is 454. The quantitative estimate of drug-likeness (QED) is 0.362. The molecule has 0 rings (SSSR count). The maximum absolute atomic E-state index is 4.61. The van der Waals surface area contributed by atoms with Gasteiger partial charge in [0.05, 0.1) is 0 Å². The largest absolute Gasteiger partial charge is 0.405 e. The second-order valence-electron chi connectivity index (χ2n) is 0.236. The average Bonchev–Trinajstić information content (AvgIpc) is 0.918. The number of nitrogens with two attached hydrogens (primary N) is 1. The topological polar surface area (TPSA) is 26.0 Å². The maximum atomic E-state index is 4.61. The van der Waals surface area contributed by atoms with Gasteiger partial charge in [0.2, 0.25) is 0 Å². The van der Waals surface area contributed by atoms with Crippen molar-refractivity contribution in [2.75, 3.05) is 0 Å². The van der Waals surface area contributed by atoms with Crippen LogP contribution in [0.5, 0.6) is 0 Å². The summed E-state index contributed by atoms with van der Waals surface area (Å²) >= 11 is 0. The number of hydrogen-bond acceptors (Lipinski definition) is 1. The first-order valence-corrected chi connectivity index (χ1v) is 0.742. The Morgan fingerprint density at radius 3 is 1.75 bits per heavy atom. The fourth-order valence-electron chi connectivity index (χ4n) is 0. The molecule has 0 aliphatic carbocycles. The first-order chi connectivity index (χ1) is 1.41. The zero-order chi connectivity index (χ0) is 2.71. The van der Waals surface area contributed by atoms with Crippen molar-refractivity contribution in [3.8, 4) is 0 Å². The van der Waals surface area contributed by atoms with E-state index in [1.807, 2.05) is 0 Å². The van der Waals surface area contributed by atoms with E-state index in [1.165, 1.54) is 6.20 Å². The predicted octanol–water partition coefficient (Wildman–Crippen LogP) is -1.10. The molecular weight excluding hydrogens is 65.0 g/mol. The molecule has 0 spiro atoms. The Kier molecular flexibility index (Phi) is 25.7. The van der Waals surface area contributed by atoms with Crippen molar-refractivity contribution in [2.45, 2.75) is 0 Å². The summed E-state index contributed by atoms with van der Waals surface area (Å²) in [6.07, 6.45) is 1.25. The van der Waals surface area contributed by atoms with Crippen molar-refractivity contribution in [3.63, 3.8) is 0 Å². The third-order valence-corrected chi connectivity index (χ3v) is 0. The summed E-state index contributed by atoms with van der Waals surface area (Å²) in [5.74, 6) is 0. The van der Waals surface area contributed by atoms with Gasteiger partial charge in [-0.05, 0) is 6.20 Å². The van der Waals surface area contributed by atoms with Gasteiger partial charge >= 0.3 is 0 Å². The van der Waals surface area contributed by atoms with Crippen LogP contribution in [0.1, 0.15) is 0 Å². The first kappa shape index (κ1) is 8.95. The van der Waals surface area contributed by atoms with Gasteiger partial charge in [-0.2, -0.15) is 0 Å².